The van der Waals surface area contributed by atoms with E-state index in [1.165, 1.54) is 0 Å². The monoisotopic (exact) mass is 290 g/mol. The quantitative estimate of drug-likeness (QED) is 0.838. The van der Waals surface area contributed by atoms with Crippen LogP contribution in [0.15, 0.2) is 36.4 Å². The molecule has 2 rings (SSSR count). The molecule has 0 saturated heterocycles. The molecule has 106 valence electrons. The number of benzene rings is 2. The van der Waals surface area contributed by atoms with Crippen LogP contribution in [0.3, 0.4) is 0 Å². The summed E-state index contributed by atoms with van der Waals surface area (Å²) >= 11 is 0. The Bertz CT molecular complexity index is 637. The van der Waals surface area contributed by atoms with Gasteiger partial charge >= 0.3 is 6.36 Å². The maximum atomic E-state index is 13.5. The van der Waals surface area contributed by atoms with Crippen molar-refractivity contribution in [3.05, 3.63) is 48.0 Å². The van der Waals surface area contributed by atoms with Gasteiger partial charge in [0, 0.05) is 5.56 Å². The van der Waals surface area contributed by atoms with Crippen LogP contribution in [-0.2, 0) is 0 Å². The van der Waals surface area contributed by atoms with Crippen LogP contribution in [0.1, 0.15) is 0 Å². The molecule has 0 bridgehead atoms. The van der Waals surface area contributed by atoms with E-state index in [4.69, 9.17) is 0 Å². The molecule has 20 heavy (non-hydrogen) atoms. The lowest BCUT2D eigenvalue weighted by Gasteiger charge is -2.11. The Morgan fingerprint density at radius 3 is 2.25 bits per heavy atom. The van der Waals surface area contributed by atoms with E-state index in [-0.39, 0.29) is 11.1 Å². The SMILES string of the molecule is Oc1cc(-c2cc(F)ccc2F)ccc1OC(F)(F)F. The van der Waals surface area contributed by atoms with Gasteiger partial charge in [-0.3, -0.25) is 0 Å². The van der Waals surface area contributed by atoms with Crippen LogP contribution in [0.25, 0.3) is 11.1 Å². The largest absolute Gasteiger partial charge is 0.573 e. The van der Waals surface area contributed by atoms with Crippen molar-refractivity contribution in [1.82, 2.24) is 0 Å². The summed E-state index contributed by atoms with van der Waals surface area (Å²) in [6.45, 7) is 0. The van der Waals surface area contributed by atoms with Crippen molar-refractivity contribution in [2.75, 3.05) is 0 Å². The van der Waals surface area contributed by atoms with Gasteiger partial charge in [0.25, 0.3) is 0 Å². The van der Waals surface area contributed by atoms with Crippen LogP contribution in [-0.4, -0.2) is 11.5 Å². The van der Waals surface area contributed by atoms with Gasteiger partial charge in [-0.05, 0) is 35.9 Å². The zero-order chi connectivity index (χ0) is 14.9. The molecule has 0 unspecified atom stereocenters. The average Bonchev–Trinajstić information content (AvgIpc) is 2.33. The van der Waals surface area contributed by atoms with E-state index in [1.54, 1.807) is 0 Å². The van der Waals surface area contributed by atoms with Gasteiger partial charge in [0.1, 0.15) is 11.6 Å². The summed E-state index contributed by atoms with van der Waals surface area (Å²) in [6.07, 6.45) is -4.96. The van der Waals surface area contributed by atoms with E-state index in [0.29, 0.717) is 0 Å². The maximum Gasteiger partial charge on any atom is 0.573 e. The van der Waals surface area contributed by atoms with Crippen molar-refractivity contribution in [1.29, 1.82) is 0 Å². The van der Waals surface area contributed by atoms with Crippen molar-refractivity contribution in [2.24, 2.45) is 0 Å². The Balaban J connectivity index is 2.41. The summed E-state index contributed by atoms with van der Waals surface area (Å²) in [7, 11) is 0. The molecule has 0 saturated carbocycles. The summed E-state index contributed by atoms with van der Waals surface area (Å²) in [5, 5.41) is 9.43. The predicted octanol–water partition coefficient (Wildman–Crippen LogP) is 4.24. The molecule has 2 aromatic rings. The maximum absolute atomic E-state index is 13.5. The molecule has 0 aromatic heterocycles. The highest BCUT2D eigenvalue weighted by Crippen LogP contribution is 2.35. The zero-order valence-corrected chi connectivity index (χ0v) is 9.71. The molecule has 0 fully saturated rings. The lowest BCUT2D eigenvalue weighted by atomic mass is 10.0. The second-order valence-electron chi connectivity index (χ2n) is 3.85. The molecule has 0 radical (unpaired) electrons. The Morgan fingerprint density at radius 2 is 1.65 bits per heavy atom. The van der Waals surface area contributed by atoms with E-state index in [2.05, 4.69) is 4.74 Å². The van der Waals surface area contributed by atoms with Crippen LogP contribution >= 0.6 is 0 Å². The van der Waals surface area contributed by atoms with E-state index in [9.17, 15) is 27.1 Å². The lowest BCUT2D eigenvalue weighted by Crippen LogP contribution is -2.17. The van der Waals surface area contributed by atoms with Gasteiger partial charge in [-0.1, -0.05) is 6.07 Å². The third kappa shape index (κ3) is 3.17. The summed E-state index contributed by atoms with van der Waals surface area (Å²) in [5.74, 6) is -3.13. The molecule has 0 spiro atoms. The molecule has 0 atom stereocenters. The van der Waals surface area contributed by atoms with Gasteiger partial charge in [-0.25, -0.2) is 8.78 Å². The summed E-state index contributed by atoms with van der Waals surface area (Å²) in [5.41, 5.74) is -0.159. The third-order valence-corrected chi connectivity index (χ3v) is 2.42. The first-order valence-corrected chi connectivity index (χ1v) is 5.30. The Kier molecular flexibility index (Phi) is 3.52. The summed E-state index contributed by atoms with van der Waals surface area (Å²) in [4.78, 5) is 0. The lowest BCUT2D eigenvalue weighted by molar-refractivity contribution is -0.275. The Labute approximate surface area is 110 Å². The second kappa shape index (κ2) is 4.99. The van der Waals surface area contributed by atoms with E-state index >= 15 is 0 Å². The topological polar surface area (TPSA) is 29.5 Å². The van der Waals surface area contributed by atoms with Gasteiger partial charge in [-0.2, -0.15) is 0 Å². The minimum atomic E-state index is -4.96. The van der Waals surface area contributed by atoms with Crippen LogP contribution in [0, 0.1) is 11.6 Å². The van der Waals surface area contributed by atoms with Crippen molar-refractivity contribution in [3.63, 3.8) is 0 Å². The Morgan fingerprint density at radius 1 is 0.950 bits per heavy atom. The molecule has 2 aromatic carbocycles. The van der Waals surface area contributed by atoms with E-state index in [0.717, 1.165) is 36.4 Å². The minimum Gasteiger partial charge on any atom is -0.504 e. The highest BCUT2D eigenvalue weighted by atomic mass is 19.4. The van der Waals surface area contributed by atoms with Gasteiger partial charge in [-0.15, -0.1) is 13.2 Å². The number of ether oxygens (including phenoxy) is 1. The van der Waals surface area contributed by atoms with Crippen molar-refractivity contribution >= 4 is 0 Å². The van der Waals surface area contributed by atoms with Crippen molar-refractivity contribution in [3.8, 4) is 22.6 Å². The fraction of sp³-hybridized carbons (Fsp3) is 0.0769. The Hall–Kier alpha value is -2.31. The molecule has 0 aliphatic carbocycles. The molecule has 0 aliphatic rings. The highest BCUT2D eigenvalue weighted by Gasteiger charge is 2.32. The standard InChI is InChI=1S/C13H7F5O2/c14-8-2-3-10(15)9(6-8)7-1-4-12(11(19)5-7)20-13(16,17)18/h1-6,19H. The number of phenols is 1. The number of rotatable bonds is 2. The number of hydrogen-bond donors (Lipinski definition) is 1. The normalized spacial score (nSPS) is 11.4. The first-order chi connectivity index (χ1) is 9.26. The molecular weight excluding hydrogens is 283 g/mol. The van der Waals surface area contributed by atoms with Gasteiger partial charge in [0.15, 0.2) is 11.5 Å². The number of alkyl halides is 3. The van der Waals surface area contributed by atoms with Crippen LogP contribution in [0.4, 0.5) is 22.0 Å². The van der Waals surface area contributed by atoms with Gasteiger partial charge < -0.3 is 9.84 Å². The molecule has 0 amide bonds. The molecule has 2 nitrogen and oxygen atoms in total. The second-order valence-corrected chi connectivity index (χ2v) is 3.85. The van der Waals surface area contributed by atoms with Gasteiger partial charge in [0.2, 0.25) is 0 Å². The number of aromatic hydroxyl groups is 1. The molecule has 0 aliphatic heterocycles. The summed E-state index contributed by atoms with van der Waals surface area (Å²) in [6, 6.07) is 5.41. The first kappa shape index (κ1) is 14.1. The van der Waals surface area contributed by atoms with Crippen LogP contribution in [0.5, 0.6) is 11.5 Å². The third-order valence-electron chi connectivity index (χ3n) is 2.42. The van der Waals surface area contributed by atoms with Crippen molar-refractivity contribution in [2.45, 2.75) is 6.36 Å². The highest BCUT2D eigenvalue weighted by molar-refractivity contribution is 5.67. The van der Waals surface area contributed by atoms with E-state index in [1.807, 2.05) is 0 Å². The fourth-order valence-corrected chi connectivity index (χ4v) is 1.61. The fourth-order valence-electron chi connectivity index (χ4n) is 1.61. The first-order valence-electron chi connectivity index (χ1n) is 5.30. The number of phenolic OH excluding ortho intramolecular Hbond substituents is 1. The number of hydrogen-bond acceptors (Lipinski definition) is 2. The summed E-state index contributed by atoms with van der Waals surface area (Å²) < 4.78 is 66.1. The predicted molar refractivity (Wildman–Crippen MR) is 60.1 cm³/mol. The van der Waals surface area contributed by atoms with Gasteiger partial charge in [0.05, 0.1) is 0 Å². The number of halogens is 5. The van der Waals surface area contributed by atoms with Crippen LogP contribution in [0.2, 0.25) is 0 Å². The molecule has 0 heterocycles. The zero-order valence-electron chi connectivity index (χ0n) is 9.71. The molecule has 1 N–H and O–H groups in total. The minimum absolute atomic E-state index is 0.0222. The van der Waals surface area contributed by atoms with Crippen molar-refractivity contribution < 1.29 is 31.8 Å². The average molecular weight is 290 g/mol. The van der Waals surface area contributed by atoms with Crippen LogP contribution < -0.4 is 4.74 Å². The molecular formula is C13H7F5O2. The van der Waals surface area contributed by atoms with E-state index < -0.39 is 29.5 Å². The molecule has 7 heteroatoms. The smallest absolute Gasteiger partial charge is 0.504 e.